The Bertz CT molecular complexity index is 4390. The van der Waals surface area contributed by atoms with Crippen molar-refractivity contribution in [1.29, 1.82) is 0 Å². The summed E-state index contributed by atoms with van der Waals surface area (Å²) < 4.78 is 125. The third-order valence-corrected chi connectivity index (χ3v) is 14.7. The number of hydrogen-bond acceptors (Lipinski definition) is 6. The van der Waals surface area contributed by atoms with Crippen LogP contribution >= 0.6 is 0 Å². The van der Waals surface area contributed by atoms with Crippen molar-refractivity contribution in [2.75, 3.05) is 16.5 Å². The molecule has 2 aromatic heterocycles. The Morgan fingerprint density at radius 3 is 2.03 bits per heavy atom. The Morgan fingerprint density at radius 2 is 1.31 bits per heavy atom. The number of allylic oxidation sites excluding steroid dienone is 8. The summed E-state index contributed by atoms with van der Waals surface area (Å²) in [5.41, 5.74) is 6.13. The Labute approximate surface area is 459 Å². The normalized spacial score (nSPS) is 18.6. The van der Waals surface area contributed by atoms with Gasteiger partial charge in [0, 0.05) is 55.0 Å². The molecule has 7 heterocycles. The molecule has 0 radical (unpaired) electrons. The van der Waals surface area contributed by atoms with E-state index in [9.17, 15) is 5.48 Å². The van der Waals surface area contributed by atoms with Crippen molar-refractivity contribution in [1.82, 2.24) is 19.2 Å². The first-order valence-electron chi connectivity index (χ1n) is 31.6. The number of para-hydroxylation sites is 3. The van der Waals surface area contributed by atoms with Crippen LogP contribution in [0.2, 0.25) is 0 Å². The first-order valence-corrected chi connectivity index (χ1v) is 25.1. The molecule has 0 saturated heterocycles. The number of anilines is 3. The van der Waals surface area contributed by atoms with Crippen LogP contribution in [0.15, 0.2) is 237 Å². The minimum absolute atomic E-state index is 0.0116. The molecule has 364 valence electrons. The zero-order chi connectivity index (χ0) is 61.9. The van der Waals surface area contributed by atoms with Crippen molar-refractivity contribution in [3.05, 3.63) is 270 Å². The van der Waals surface area contributed by atoms with Gasteiger partial charge < -0.3 is 24.2 Å². The van der Waals surface area contributed by atoms with E-state index in [-0.39, 0.29) is 94.8 Å². The summed E-state index contributed by atoms with van der Waals surface area (Å²) in [4.78, 5) is 13.3. The Kier molecular flexibility index (Phi) is 8.31. The van der Waals surface area contributed by atoms with Crippen LogP contribution in [0, 0.1) is 0 Å². The van der Waals surface area contributed by atoms with Crippen LogP contribution in [0.5, 0.6) is 11.5 Å². The monoisotopic (exact) mass is 986 g/mol. The molecule has 75 heavy (non-hydrogen) atoms. The largest absolute Gasteiger partial charge is 0.457 e. The van der Waals surface area contributed by atoms with Crippen molar-refractivity contribution < 1.29 is 22.6 Å². The Balaban J connectivity index is 0.927. The molecule has 9 heteroatoms. The average molecular weight is 986 g/mol. The molecular weight excluding hydrogens is 914 g/mol. The molecule has 0 bridgehead atoms. The summed E-state index contributed by atoms with van der Waals surface area (Å²) in [6.07, 6.45) is 26.5. The first-order chi connectivity index (χ1) is 42.0. The fourth-order valence-electron chi connectivity index (χ4n) is 10.9. The number of benzene rings is 6. The van der Waals surface area contributed by atoms with Gasteiger partial charge in [0.1, 0.15) is 17.3 Å². The van der Waals surface area contributed by atoms with Gasteiger partial charge in [0.05, 0.1) is 38.7 Å². The van der Waals surface area contributed by atoms with Crippen molar-refractivity contribution >= 4 is 63.5 Å². The number of aromatic nitrogens is 2. The van der Waals surface area contributed by atoms with Crippen molar-refractivity contribution in [3.63, 3.8) is 0 Å². The number of pyridine rings is 1. The second kappa shape index (κ2) is 18.4. The molecule has 0 spiro atoms. The zero-order valence-corrected chi connectivity index (χ0v) is 41.6. The van der Waals surface area contributed by atoms with Gasteiger partial charge in [-0.25, -0.2) is 4.98 Å². The lowest BCUT2D eigenvalue weighted by atomic mass is 9.48. The highest BCUT2D eigenvalue weighted by atomic mass is 16.5. The van der Waals surface area contributed by atoms with Crippen LogP contribution in [0.3, 0.4) is 0 Å². The minimum atomic E-state index is -3.14. The number of fused-ring (bicyclic) bond motifs is 6. The van der Waals surface area contributed by atoms with Crippen LogP contribution in [-0.2, 0) is 17.4 Å². The quantitative estimate of drug-likeness (QED) is 0.127. The maximum atomic E-state index is 9.53. The second-order valence-corrected chi connectivity index (χ2v) is 20.3. The van der Waals surface area contributed by atoms with Crippen molar-refractivity contribution in [2.24, 2.45) is 0 Å². The molecule has 0 N–H and O–H groups in total. The molecule has 0 atom stereocenters. The molecule has 5 aliphatic rings. The molecule has 13 rings (SSSR count). The number of nitrogens with zero attached hydrogens (tertiary/aromatic N) is 6. The van der Waals surface area contributed by atoms with Gasteiger partial charge in [0.25, 0.3) is 0 Å². The van der Waals surface area contributed by atoms with Crippen molar-refractivity contribution in [2.45, 2.75) is 51.8 Å². The molecule has 7 nitrogen and oxygen atoms in total. The van der Waals surface area contributed by atoms with Gasteiger partial charge in [-0.1, -0.05) is 149 Å². The lowest BCUT2D eigenvalue weighted by molar-refractivity contribution is 0.483. The summed E-state index contributed by atoms with van der Waals surface area (Å²) in [5.74, 6) is 4.46. The summed E-state index contributed by atoms with van der Waals surface area (Å²) in [6, 6.07) is 26.6. The smallest absolute Gasteiger partial charge is 0.320 e. The van der Waals surface area contributed by atoms with Gasteiger partial charge in [-0.15, -0.1) is 0 Å². The SMILES string of the molecule is [2H]c1c(Oc2ccc3c4c([2H])c([2H])c([2H])c([2H])c4n(-c4cc(C(c5ccccc5)(C([2H])([2H])[2H])C([2H])([2H])[2H])ccn4)c3c2)cc(N2CN(Cc3c(C4=CC=CN5C=CC=CB45)cc(C(C)(C)C)cc3C3=CC=CN4C=CC=CB34)c3ccccc32)c([2H])c1[2H]. The molecule has 6 aromatic carbocycles. The highest BCUT2D eigenvalue weighted by Crippen LogP contribution is 2.46. The van der Waals surface area contributed by atoms with Crippen LogP contribution < -0.4 is 14.5 Å². The standard InChI is InChI=1S/C66H58B2N6O/c1-65(2,3)49-40-55(58-25-18-38-71-36-15-13-33-67(58)71)57(56(41-49)59-26-19-39-72-37-16-14-34-68(59)72)45-70-46-73(62-29-12-11-28-61(62)70)50-22-17-23-51(43-50)75-52-30-31-54-53-24-9-10-27-60(53)74(63(54)44-52)64-42-48(32-35-69-64)66(4,5)47-20-7-6-8-21-47/h6-44H,45-46H2,1-5H3/i4D3,5D3,9D,10D,17D,22D,23D,24D,27D. The van der Waals surface area contributed by atoms with Gasteiger partial charge in [-0.3, -0.25) is 4.57 Å². The van der Waals surface area contributed by atoms with E-state index in [1.807, 2.05) is 35.3 Å². The molecular formula is C66H58B2N6O. The maximum absolute atomic E-state index is 9.53. The van der Waals surface area contributed by atoms with Gasteiger partial charge in [0.15, 0.2) is 0 Å². The molecule has 0 fully saturated rings. The predicted octanol–water partition coefficient (Wildman–Crippen LogP) is 15.4. The fourth-order valence-corrected chi connectivity index (χ4v) is 10.9. The van der Waals surface area contributed by atoms with E-state index in [1.54, 1.807) is 42.5 Å². The lowest BCUT2D eigenvalue weighted by Crippen LogP contribution is -2.37. The molecule has 0 aliphatic carbocycles. The minimum Gasteiger partial charge on any atom is -0.457 e. The molecule has 0 unspecified atom stereocenters. The third kappa shape index (κ3) is 8.24. The fraction of sp³-hybridized carbons (Fsp3) is 0.136. The zero-order valence-electron chi connectivity index (χ0n) is 54.6. The van der Waals surface area contributed by atoms with Crippen LogP contribution in [0.1, 0.15) is 85.7 Å². The molecule has 0 saturated carbocycles. The van der Waals surface area contributed by atoms with Crippen LogP contribution in [-0.4, -0.2) is 39.5 Å². The highest BCUT2D eigenvalue weighted by molar-refractivity contribution is 6.83. The maximum Gasteiger partial charge on any atom is 0.320 e. The summed E-state index contributed by atoms with van der Waals surface area (Å²) >= 11 is 0. The first kappa shape index (κ1) is 33.9. The van der Waals surface area contributed by atoms with Gasteiger partial charge >= 0.3 is 13.7 Å². The third-order valence-electron chi connectivity index (χ3n) is 14.7. The highest BCUT2D eigenvalue weighted by Gasteiger charge is 2.36. The van der Waals surface area contributed by atoms with Gasteiger partial charge in [-0.05, 0) is 153 Å². The summed E-state index contributed by atoms with van der Waals surface area (Å²) in [5, 5.41) is 0.457. The van der Waals surface area contributed by atoms with Crippen molar-refractivity contribution in [3.8, 4) is 17.3 Å². The summed E-state index contributed by atoms with van der Waals surface area (Å²) in [7, 11) is 0. The van der Waals surface area contributed by atoms with E-state index in [1.165, 1.54) is 40.6 Å². The number of ether oxygens (including phenoxy) is 1. The average Bonchev–Trinajstić information content (AvgIpc) is 1.29. The van der Waals surface area contributed by atoms with E-state index < -0.39 is 37.2 Å². The van der Waals surface area contributed by atoms with E-state index in [4.69, 9.17) is 17.1 Å². The molecule has 8 aromatic rings. The number of hydrogen-bond donors (Lipinski definition) is 0. The van der Waals surface area contributed by atoms with E-state index in [0.29, 0.717) is 17.6 Å². The van der Waals surface area contributed by atoms with E-state index in [2.05, 4.69) is 132 Å². The molecule has 5 aliphatic heterocycles. The van der Waals surface area contributed by atoms with Gasteiger partial charge in [-0.2, -0.15) is 0 Å². The lowest BCUT2D eigenvalue weighted by Gasteiger charge is -2.35. The van der Waals surface area contributed by atoms with Crippen LogP contribution in [0.4, 0.5) is 17.1 Å². The van der Waals surface area contributed by atoms with E-state index in [0.717, 1.165) is 39.0 Å². The summed E-state index contributed by atoms with van der Waals surface area (Å²) in [6.45, 7) is 1.03. The Hall–Kier alpha value is -8.68. The number of rotatable bonds is 10. The van der Waals surface area contributed by atoms with E-state index >= 15 is 0 Å². The second-order valence-electron chi connectivity index (χ2n) is 20.3. The van der Waals surface area contributed by atoms with Gasteiger partial charge in [0.2, 0.25) is 0 Å². The Morgan fingerprint density at radius 1 is 0.613 bits per heavy atom. The van der Waals surface area contributed by atoms with Crippen LogP contribution in [0.25, 0.3) is 38.6 Å². The molecule has 0 amide bonds. The topological polar surface area (TPSA) is 40.0 Å². The predicted molar refractivity (Wildman–Crippen MR) is 314 cm³/mol.